The lowest BCUT2D eigenvalue weighted by atomic mass is 10.0. The number of piperidine rings is 1. The first-order valence-electron chi connectivity index (χ1n) is 9.03. The van der Waals surface area contributed by atoms with Crippen LogP contribution < -0.4 is 5.32 Å². The number of likely N-dealkylation sites (tertiary alicyclic amines) is 1. The van der Waals surface area contributed by atoms with Gasteiger partial charge >= 0.3 is 6.09 Å². The van der Waals surface area contributed by atoms with E-state index in [1.54, 1.807) is 17.4 Å². The van der Waals surface area contributed by atoms with E-state index in [1.807, 2.05) is 39.0 Å². The van der Waals surface area contributed by atoms with Gasteiger partial charge in [0.05, 0.1) is 18.9 Å². The van der Waals surface area contributed by atoms with Gasteiger partial charge in [-0.3, -0.25) is 4.79 Å². The third kappa shape index (κ3) is 4.56. The average Bonchev–Trinajstić information content (AvgIpc) is 3.03. The van der Waals surface area contributed by atoms with Gasteiger partial charge in [0.1, 0.15) is 5.60 Å². The summed E-state index contributed by atoms with van der Waals surface area (Å²) in [5.41, 5.74) is 0.421. The highest BCUT2D eigenvalue weighted by molar-refractivity contribution is 5.89. The van der Waals surface area contributed by atoms with Crippen LogP contribution in [-0.2, 0) is 16.0 Å². The minimum Gasteiger partial charge on any atom is -0.471 e. The smallest absolute Gasteiger partial charge is 0.410 e. The van der Waals surface area contributed by atoms with E-state index in [2.05, 4.69) is 5.32 Å². The van der Waals surface area contributed by atoms with Gasteiger partial charge in [-0.05, 0) is 39.2 Å². The largest absolute Gasteiger partial charge is 0.471 e. The first kappa shape index (κ1) is 18.3. The minimum atomic E-state index is -0.517. The monoisotopic (exact) mass is 358 g/mol. The molecule has 1 aromatic heterocycles. The Morgan fingerprint density at radius 2 is 2.12 bits per heavy atom. The van der Waals surface area contributed by atoms with Gasteiger partial charge in [0.15, 0.2) is 0 Å². The fraction of sp³-hybridized carbons (Fsp3) is 0.500. The van der Waals surface area contributed by atoms with Crippen molar-refractivity contribution in [3.63, 3.8) is 0 Å². The third-order valence-corrected chi connectivity index (χ3v) is 4.40. The normalized spacial score (nSPS) is 18.0. The van der Waals surface area contributed by atoms with Crippen LogP contribution in [0.2, 0.25) is 0 Å². The van der Waals surface area contributed by atoms with E-state index in [0.717, 1.165) is 29.2 Å². The van der Waals surface area contributed by atoms with Gasteiger partial charge in [-0.1, -0.05) is 18.2 Å². The summed E-state index contributed by atoms with van der Waals surface area (Å²) in [6, 6.07) is 5.77. The van der Waals surface area contributed by atoms with Crippen LogP contribution in [0.1, 0.15) is 39.2 Å². The molecule has 2 heterocycles. The number of furan rings is 1. The molecule has 26 heavy (non-hydrogen) atoms. The van der Waals surface area contributed by atoms with Gasteiger partial charge in [-0.2, -0.15) is 0 Å². The first-order chi connectivity index (χ1) is 12.3. The van der Waals surface area contributed by atoms with Crippen molar-refractivity contribution in [1.29, 1.82) is 0 Å². The molecule has 0 radical (unpaired) electrons. The summed E-state index contributed by atoms with van der Waals surface area (Å²) in [4.78, 5) is 26.4. The molecule has 3 rings (SSSR count). The highest BCUT2D eigenvalue weighted by Gasteiger charge is 2.28. The molecule has 1 saturated heterocycles. The number of carbonyl (C=O) groups is 2. The molecule has 1 aromatic carbocycles. The molecule has 1 fully saturated rings. The molecule has 1 N–H and O–H groups in total. The SMILES string of the molecule is CC(C)(C)OC(=O)N1CCCC(NC(=O)Cc2cccc3cocc23)C1. The van der Waals surface area contributed by atoms with E-state index in [4.69, 9.17) is 9.15 Å². The molecule has 0 aliphatic carbocycles. The molecule has 2 amide bonds. The topological polar surface area (TPSA) is 71.8 Å². The van der Waals surface area contributed by atoms with Gasteiger partial charge in [0.25, 0.3) is 0 Å². The zero-order valence-corrected chi connectivity index (χ0v) is 15.6. The number of hydrogen-bond donors (Lipinski definition) is 1. The molecular weight excluding hydrogens is 332 g/mol. The Balaban J connectivity index is 1.57. The molecule has 1 unspecified atom stereocenters. The van der Waals surface area contributed by atoms with Crippen LogP contribution in [0.4, 0.5) is 4.79 Å². The van der Waals surface area contributed by atoms with E-state index >= 15 is 0 Å². The maximum atomic E-state index is 12.5. The van der Waals surface area contributed by atoms with Crippen LogP contribution in [0, 0.1) is 0 Å². The number of hydrogen-bond acceptors (Lipinski definition) is 4. The summed E-state index contributed by atoms with van der Waals surface area (Å²) in [6.07, 6.45) is 5.03. The Hall–Kier alpha value is -2.50. The van der Waals surface area contributed by atoms with Gasteiger partial charge in [0, 0.05) is 29.9 Å². The molecule has 6 nitrogen and oxygen atoms in total. The highest BCUT2D eigenvalue weighted by Crippen LogP contribution is 2.20. The average molecular weight is 358 g/mol. The molecule has 1 atom stereocenters. The number of nitrogens with one attached hydrogen (secondary N) is 1. The third-order valence-electron chi connectivity index (χ3n) is 4.40. The van der Waals surface area contributed by atoms with Crippen molar-refractivity contribution in [3.05, 3.63) is 36.3 Å². The number of nitrogens with zero attached hydrogens (tertiary/aromatic N) is 1. The van der Waals surface area contributed by atoms with E-state index in [1.165, 1.54) is 0 Å². The number of ether oxygens (including phenoxy) is 1. The predicted molar refractivity (Wildman–Crippen MR) is 98.9 cm³/mol. The van der Waals surface area contributed by atoms with Crippen LogP contribution >= 0.6 is 0 Å². The van der Waals surface area contributed by atoms with Crippen LogP contribution in [0.15, 0.2) is 35.1 Å². The highest BCUT2D eigenvalue weighted by atomic mass is 16.6. The molecule has 0 bridgehead atoms. The number of benzene rings is 1. The maximum absolute atomic E-state index is 12.5. The Kier molecular flexibility index (Phi) is 5.20. The predicted octanol–water partition coefficient (Wildman–Crippen LogP) is 3.49. The van der Waals surface area contributed by atoms with Crippen molar-refractivity contribution in [2.45, 2.75) is 51.7 Å². The van der Waals surface area contributed by atoms with E-state index < -0.39 is 5.60 Å². The second kappa shape index (κ2) is 7.40. The lowest BCUT2D eigenvalue weighted by Gasteiger charge is -2.34. The van der Waals surface area contributed by atoms with Crippen molar-refractivity contribution in [3.8, 4) is 0 Å². The van der Waals surface area contributed by atoms with Crippen LogP contribution in [-0.4, -0.2) is 41.6 Å². The zero-order chi connectivity index (χ0) is 18.7. The van der Waals surface area contributed by atoms with Crippen LogP contribution in [0.25, 0.3) is 10.8 Å². The summed E-state index contributed by atoms with van der Waals surface area (Å²) in [7, 11) is 0. The summed E-state index contributed by atoms with van der Waals surface area (Å²) >= 11 is 0. The number of amides is 2. The minimum absolute atomic E-state index is 0.0465. The van der Waals surface area contributed by atoms with Crippen molar-refractivity contribution < 1.29 is 18.7 Å². The number of fused-ring (bicyclic) bond motifs is 1. The first-order valence-corrected chi connectivity index (χ1v) is 9.03. The number of rotatable bonds is 3. The fourth-order valence-electron chi connectivity index (χ4n) is 3.25. The summed E-state index contributed by atoms with van der Waals surface area (Å²) in [5.74, 6) is -0.0465. The van der Waals surface area contributed by atoms with Gasteiger partial charge in [-0.15, -0.1) is 0 Å². The van der Waals surface area contributed by atoms with E-state index in [-0.39, 0.29) is 18.0 Å². The standard InChI is InChI=1S/C20H26N2O4/c1-20(2,3)26-19(24)22-9-5-8-16(11-22)21-18(23)10-14-6-4-7-15-12-25-13-17(14)15/h4,6-7,12-13,16H,5,8-11H2,1-3H3,(H,21,23). The zero-order valence-electron chi connectivity index (χ0n) is 15.6. The van der Waals surface area contributed by atoms with Crippen molar-refractivity contribution in [2.75, 3.05) is 13.1 Å². The van der Waals surface area contributed by atoms with Crippen LogP contribution in [0.5, 0.6) is 0 Å². The Labute approximate surface area is 153 Å². The molecule has 0 spiro atoms. The fourth-order valence-corrected chi connectivity index (χ4v) is 3.25. The number of carbonyl (C=O) groups excluding carboxylic acids is 2. The molecule has 1 aliphatic heterocycles. The molecular formula is C20H26N2O4. The van der Waals surface area contributed by atoms with Gasteiger partial charge < -0.3 is 19.4 Å². The van der Waals surface area contributed by atoms with Crippen molar-refractivity contribution in [1.82, 2.24) is 10.2 Å². The summed E-state index contributed by atoms with van der Waals surface area (Å²) < 4.78 is 10.7. The maximum Gasteiger partial charge on any atom is 0.410 e. The van der Waals surface area contributed by atoms with Crippen molar-refractivity contribution >= 4 is 22.8 Å². The van der Waals surface area contributed by atoms with E-state index in [0.29, 0.717) is 19.5 Å². The Morgan fingerprint density at radius 3 is 2.88 bits per heavy atom. The summed E-state index contributed by atoms with van der Waals surface area (Å²) in [6.45, 7) is 6.70. The second-order valence-electron chi connectivity index (χ2n) is 7.80. The van der Waals surface area contributed by atoms with Gasteiger partial charge in [-0.25, -0.2) is 4.79 Å². The van der Waals surface area contributed by atoms with E-state index in [9.17, 15) is 9.59 Å². The molecule has 0 saturated carbocycles. The Morgan fingerprint density at radius 1 is 1.31 bits per heavy atom. The summed E-state index contributed by atoms with van der Waals surface area (Å²) in [5, 5.41) is 5.00. The molecule has 1 aliphatic rings. The van der Waals surface area contributed by atoms with Gasteiger partial charge in [0.2, 0.25) is 5.91 Å². The van der Waals surface area contributed by atoms with Crippen molar-refractivity contribution in [2.24, 2.45) is 0 Å². The lowest BCUT2D eigenvalue weighted by molar-refractivity contribution is -0.121. The quantitative estimate of drug-likeness (QED) is 0.912. The molecule has 140 valence electrons. The van der Waals surface area contributed by atoms with Crippen LogP contribution in [0.3, 0.4) is 0 Å². The lowest BCUT2D eigenvalue weighted by Crippen LogP contribution is -2.51. The molecule has 2 aromatic rings. The Bertz CT molecular complexity index is 790. The second-order valence-corrected chi connectivity index (χ2v) is 7.80. The molecule has 6 heteroatoms.